The number of hydrogen-bond donors (Lipinski definition) is 2. The van der Waals surface area contributed by atoms with E-state index >= 15 is 0 Å². The minimum atomic E-state index is -0.240. The molecule has 130 valence electrons. The van der Waals surface area contributed by atoms with Gasteiger partial charge in [0.25, 0.3) is 0 Å². The van der Waals surface area contributed by atoms with Crippen molar-refractivity contribution >= 4 is 5.96 Å². The van der Waals surface area contributed by atoms with Gasteiger partial charge in [0.15, 0.2) is 5.96 Å². The minimum Gasteiger partial charge on any atom is -0.478 e. The summed E-state index contributed by atoms with van der Waals surface area (Å²) in [6.07, 6.45) is 2.78. The molecule has 1 aromatic rings. The SMILES string of the molecule is CCCOc1ccc(CN=C(NCC)NCC(C)(C)OC)cn1. The van der Waals surface area contributed by atoms with Crippen molar-refractivity contribution in [2.75, 3.05) is 26.8 Å². The van der Waals surface area contributed by atoms with E-state index in [0.29, 0.717) is 25.6 Å². The summed E-state index contributed by atoms with van der Waals surface area (Å²) in [6.45, 7) is 10.9. The zero-order valence-corrected chi connectivity index (χ0v) is 15.0. The Bertz CT molecular complexity index is 472. The molecule has 2 N–H and O–H groups in total. The van der Waals surface area contributed by atoms with Crippen LogP contribution in [-0.2, 0) is 11.3 Å². The van der Waals surface area contributed by atoms with Crippen LogP contribution in [0.15, 0.2) is 23.3 Å². The summed E-state index contributed by atoms with van der Waals surface area (Å²) in [5, 5.41) is 6.52. The molecule has 0 amide bonds. The summed E-state index contributed by atoms with van der Waals surface area (Å²) in [6, 6.07) is 3.87. The molecule has 0 fully saturated rings. The van der Waals surface area contributed by atoms with E-state index in [9.17, 15) is 0 Å². The molecule has 0 spiro atoms. The van der Waals surface area contributed by atoms with Gasteiger partial charge in [0, 0.05) is 32.5 Å². The topological polar surface area (TPSA) is 67.8 Å². The molecule has 0 aromatic carbocycles. The van der Waals surface area contributed by atoms with Crippen molar-refractivity contribution in [1.82, 2.24) is 15.6 Å². The van der Waals surface area contributed by atoms with E-state index in [-0.39, 0.29) is 5.60 Å². The van der Waals surface area contributed by atoms with Gasteiger partial charge < -0.3 is 20.1 Å². The van der Waals surface area contributed by atoms with Crippen molar-refractivity contribution in [2.45, 2.75) is 46.3 Å². The third kappa shape index (κ3) is 7.83. The van der Waals surface area contributed by atoms with Gasteiger partial charge in [0.05, 0.1) is 18.8 Å². The molecule has 0 aliphatic carbocycles. The van der Waals surface area contributed by atoms with Crippen LogP contribution >= 0.6 is 0 Å². The van der Waals surface area contributed by atoms with Crippen LogP contribution in [0.25, 0.3) is 0 Å². The molecular weight excluding hydrogens is 292 g/mol. The van der Waals surface area contributed by atoms with E-state index in [1.807, 2.05) is 32.9 Å². The van der Waals surface area contributed by atoms with Crippen molar-refractivity contribution in [1.29, 1.82) is 0 Å². The first-order valence-corrected chi connectivity index (χ1v) is 8.15. The van der Waals surface area contributed by atoms with Gasteiger partial charge in [-0.15, -0.1) is 0 Å². The van der Waals surface area contributed by atoms with E-state index in [1.54, 1.807) is 13.3 Å². The van der Waals surface area contributed by atoms with Crippen LogP contribution in [0.5, 0.6) is 5.88 Å². The van der Waals surface area contributed by atoms with Crippen LogP contribution in [0, 0.1) is 0 Å². The first-order chi connectivity index (χ1) is 11.0. The van der Waals surface area contributed by atoms with Gasteiger partial charge in [0.2, 0.25) is 5.88 Å². The van der Waals surface area contributed by atoms with Gasteiger partial charge in [-0.2, -0.15) is 0 Å². The number of pyridine rings is 1. The monoisotopic (exact) mass is 322 g/mol. The molecule has 1 rings (SSSR count). The largest absolute Gasteiger partial charge is 0.478 e. The first-order valence-electron chi connectivity index (χ1n) is 8.15. The van der Waals surface area contributed by atoms with Gasteiger partial charge in [-0.1, -0.05) is 13.0 Å². The fourth-order valence-corrected chi connectivity index (χ4v) is 1.68. The molecule has 0 atom stereocenters. The second-order valence-corrected chi connectivity index (χ2v) is 5.87. The van der Waals surface area contributed by atoms with Crippen LogP contribution in [0.1, 0.15) is 39.7 Å². The number of nitrogens with one attached hydrogen (secondary N) is 2. The predicted octanol–water partition coefficient (Wildman–Crippen LogP) is 2.35. The Morgan fingerprint density at radius 3 is 2.61 bits per heavy atom. The Hall–Kier alpha value is -1.82. The lowest BCUT2D eigenvalue weighted by Gasteiger charge is -2.24. The van der Waals surface area contributed by atoms with Crippen molar-refractivity contribution in [3.63, 3.8) is 0 Å². The molecule has 0 aliphatic heterocycles. The average Bonchev–Trinajstić information content (AvgIpc) is 2.56. The van der Waals surface area contributed by atoms with E-state index < -0.39 is 0 Å². The lowest BCUT2D eigenvalue weighted by atomic mass is 10.1. The third-order valence-corrected chi connectivity index (χ3v) is 3.25. The smallest absolute Gasteiger partial charge is 0.213 e. The van der Waals surface area contributed by atoms with Crippen molar-refractivity contribution in [3.8, 4) is 5.88 Å². The number of guanidine groups is 1. The van der Waals surface area contributed by atoms with E-state index in [2.05, 4.69) is 27.5 Å². The third-order valence-electron chi connectivity index (χ3n) is 3.25. The molecule has 0 saturated heterocycles. The molecule has 0 unspecified atom stereocenters. The molecule has 6 heteroatoms. The highest BCUT2D eigenvalue weighted by Crippen LogP contribution is 2.09. The van der Waals surface area contributed by atoms with Crippen LogP contribution in [0.2, 0.25) is 0 Å². The molecule has 0 radical (unpaired) electrons. The lowest BCUT2D eigenvalue weighted by Crippen LogP contribution is -2.45. The number of hydrogen-bond acceptors (Lipinski definition) is 4. The maximum absolute atomic E-state index is 5.48. The van der Waals surface area contributed by atoms with Gasteiger partial charge >= 0.3 is 0 Å². The molecule has 6 nitrogen and oxygen atoms in total. The maximum atomic E-state index is 5.48. The summed E-state index contributed by atoms with van der Waals surface area (Å²) in [4.78, 5) is 8.86. The normalized spacial score (nSPS) is 12.1. The molecule has 0 bridgehead atoms. The number of aliphatic imine (C=N–C) groups is 1. The van der Waals surface area contributed by atoms with Crippen molar-refractivity contribution < 1.29 is 9.47 Å². The Morgan fingerprint density at radius 1 is 1.26 bits per heavy atom. The Kier molecular flexibility index (Phi) is 8.40. The standard InChI is InChI=1S/C17H30N4O2/c1-6-10-23-15-9-8-14(11-19-15)12-20-16(18-7-2)21-13-17(3,4)22-5/h8-9,11H,6-7,10,12-13H2,1-5H3,(H2,18,20,21). The average molecular weight is 322 g/mol. The summed E-state index contributed by atoms with van der Waals surface area (Å²) >= 11 is 0. The lowest BCUT2D eigenvalue weighted by molar-refractivity contribution is 0.0268. The Morgan fingerprint density at radius 2 is 2.04 bits per heavy atom. The van der Waals surface area contributed by atoms with Crippen LogP contribution < -0.4 is 15.4 Å². The predicted molar refractivity (Wildman–Crippen MR) is 93.9 cm³/mol. The minimum absolute atomic E-state index is 0.240. The molecule has 1 aromatic heterocycles. The quantitative estimate of drug-likeness (QED) is 0.539. The molecular formula is C17H30N4O2. The second kappa shape index (κ2) is 10.0. The first kappa shape index (κ1) is 19.2. The Labute approximate surface area is 139 Å². The number of methoxy groups -OCH3 is 1. The second-order valence-electron chi connectivity index (χ2n) is 5.87. The summed E-state index contributed by atoms with van der Waals surface area (Å²) in [7, 11) is 1.71. The molecule has 1 heterocycles. The highest BCUT2D eigenvalue weighted by atomic mass is 16.5. The highest BCUT2D eigenvalue weighted by molar-refractivity contribution is 5.79. The van der Waals surface area contributed by atoms with Gasteiger partial charge in [-0.3, -0.25) is 0 Å². The van der Waals surface area contributed by atoms with Crippen LogP contribution in [-0.4, -0.2) is 43.4 Å². The zero-order chi connectivity index (χ0) is 17.1. The molecule has 0 saturated carbocycles. The van der Waals surface area contributed by atoms with Crippen molar-refractivity contribution in [2.24, 2.45) is 4.99 Å². The summed E-state index contributed by atoms with van der Waals surface area (Å²) in [5.41, 5.74) is 0.799. The Balaban J connectivity index is 2.58. The van der Waals surface area contributed by atoms with E-state index in [0.717, 1.165) is 24.5 Å². The van der Waals surface area contributed by atoms with Gasteiger partial charge in [-0.25, -0.2) is 9.98 Å². The number of rotatable bonds is 9. The summed E-state index contributed by atoms with van der Waals surface area (Å²) < 4.78 is 10.9. The van der Waals surface area contributed by atoms with Crippen LogP contribution in [0.3, 0.4) is 0 Å². The van der Waals surface area contributed by atoms with E-state index in [1.165, 1.54) is 0 Å². The maximum Gasteiger partial charge on any atom is 0.213 e. The number of aromatic nitrogens is 1. The zero-order valence-electron chi connectivity index (χ0n) is 15.0. The van der Waals surface area contributed by atoms with Gasteiger partial charge in [0.1, 0.15) is 0 Å². The van der Waals surface area contributed by atoms with Crippen LogP contribution in [0.4, 0.5) is 0 Å². The fourth-order valence-electron chi connectivity index (χ4n) is 1.68. The highest BCUT2D eigenvalue weighted by Gasteiger charge is 2.16. The van der Waals surface area contributed by atoms with Gasteiger partial charge in [-0.05, 0) is 32.8 Å². The fraction of sp³-hybridized carbons (Fsp3) is 0.647. The number of ether oxygens (including phenoxy) is 2. The summed E-state index contributed by atoms with van der Waals surface area (Å²) in [5.74, 6) is 1.43. The van der Waals surface area contributed by atoms with Crippen molar-refractivity contribution in [3.05, 3.63) is 23.9 Å². The van der Waals surface area contributed by atoms with E-state index in [4.69, 9.17) is 9.47 Å². The molecule has 23 heavy (non-hydrogen) atoms. The molecule has 0 aliphatic rings. The number of nitrogens with zero attached hydrogens (tertiary/aromatic N) is 2.